The highest BCUT2D eigenvalue weighted by molar-refractivity contribution is 5.86. The first-order chi connectivity index (χ1) is 14.1. The Bertz CT molecular complexity index is 824. The van der Waals surface area contributed by atoms with E-state index >= 15 is 0 Å². The van der Waals surface area contributed by atoms with Gasteiger partial charge in [0.25, 0.3) is 0 Å². The molecule has 0 aliphatic carbocycles. The van der Waals surface area contributed by atoms with Crippen LogP contribution < -0.4 is 20.3 Å². The SMILES string of the molecule is COc1ccccc1CNC(=O)[C@@H](C)NC(=O)N1CCN(c2ncccn2)CC1. The number of nitrogens with one attached hydrogen (secondary N) is 2. The maximum atomic E-state index is 12.5. The quantitative estimate of drug-likeness (QED) is 0.754. The summed E-state index contributed by atoms with van der Waals surface area (Å²) in [6.07, 6.45) is 3.40. The summed E-state index contributed by atoms with van der Waals surface area (Å²) in [5.41, 5.74) is 0.876. The zero-order valence-electron chi connectivity index (χ0n) is 16.7. The highest BCUT2D eigenvalue weighted by Crippen LogP contribution is 2.16. The number of anilines is 1. The van der Waals surface area contributed by atoms with Crippen LogP contribution in [0.3, 0.4) is 0 Å². The molecule has 2 heterocycles. The van der Waals surface area contributed by atoms with Gasteiger partial charge in [-0.1, -0.05) is 18.2 Å². The van der Waals surface area contributed by atoms with Crippen molar-refractivity contribution in [2.24, 2.45) is 0 Å². The molecule has 1 aromatic heterocycles. The van der Waals surface area contributed by atoms with Crippen LogP contribution in [-0.4, -0.2) is 66.1 Å². The van der Waals surface area contributed by atoms with Gasteiger partial charge in [0.1, 0.15) is 11.8 Å². The molecule has 0 bridgehead atoms. The van der Waals surface area contributed by atoms with Crippen LogP contribution in [0.1, 0.15) is 12.5 Å². The molecule has 1 aliphatic heterocycles. The fourth-order valence-corrected chi connectivity index (χ4v) is 3.09. The lowest BCUT2D eigenvalue weighted by molar-refractivity contribution is -0.122. The van der Waals surface area contributed by atoms with Gasteiger partial charge in [0.15, 0.2) is 0 Å². The first-order valence-corrected chi connectivity index (χ1v) is 9.55. The summed E-state index contributed by atoms with van der Waals surface area (Å²) in [5, 5.41) is 5.60. The number of hydrogen-bond donors (Lipinski definition) is 2. The van der Waals surface area contributed by atoms with Gasteiger partial charge in [-0.2, -0.15) is 0 Å². The van der Waals surface area contributed by atoms with Crippen molar-refractivity contribution in [3.8, 4) is 5.75 Å². The van der Waals surface area contributed by atoms with Crippen molar-refractivity contribution in [2.75, 3.05) is 38.2 Å². The molecule has 154 valence electrons. The number of carbonyl (C=O) groups excluding carboxylic acids is 2. The monoisotopic (exact) mass is 398 g/mol. The number of piperazine rings is 1. The molecule has 1 aliphatic rings. The number of aromatic nitrogens is 2. The van der Waals surface area contributed by atoms with Crippen molar-refractivity contribution in [1.29, 1.82) is 0 Å². The number of hydrogen-bond acceptors (Lipinski definition) is 6. The first kappa shape index (κ1) is 20.4. The molecule has 0 radical (unpaired) electrons. The van der Waals surface area contributed by atoms with Crippen molar-refractivity contribution in [3.05, 3.63) is 48.3 Å². The predicted octanol–water partition coefficient (Wildman–Crippen LogP) is 1.02. The van der Waals surface area contributed by atoms with Crippen molar-refractivity contribution in [1.82, 2.24) is 25.5 Å². The fourth-order valence-electron chi connectivity index (χ4n) is 3.09. The molecular formula is C20H26N6O3. The number of ether oxygens (including phenoxy) is 1. The zero-order chi connectivity index (χ0) is 20.6. The standard InChI is InChI=1S/C20H26N6O3/c1-15(18(27)23-14-16-6-3-4-7-17(16)29-2)24-20(28)26-12-10-25(11-13-26)19-21-8-5-9-22-19/h3-9,15H,10-14H2,1-2H3,(H,23,27)(H,24,28)/t15-/m1/s1. The number of nitrogens with zero attached hydrogens (tertiary/aromatic N) is 4. The van der Waals surface area contributed by atoms with Gasteiger partial charge in [0.05, 0.1) is 7.11 Å². The summed E-state index contributed by atoms with van der Waals surface area (Å²) in [6, 6.07) is 8.36. The molecule has 3 rings (SSSR count). The molecule has 9 nitrogen and oxygen atoms in total. The number of rotatable bonds is 6. The van der Waals surface area contributed by atoms with Crippen LogP contribution in [0.25, 0.3) is 0 Å². The molecule has 29 heavy (non-hydrogen) atoms. The van der Waals surface area contributed by atoms with Crippen molar-refractivity contribution >= 4 is 17.9 Å². The van der Waals surface area contributed by atoms with E-state index in [9.17, 15) is 9.59 Å². The third-order valence-corrected chi connectivity index (χ3v) is 4.78. The molecule has 0 spiro atoms. The summed E-state index contributed by atoms with van der Waals surface area (Å²) in [6.45, 7) is 4.37. The Hall–Kier alpha value is -3.36. The summed E-state index contributed by atoms with van der Waals surface area (Å²) < 4.78 is 5.28. The highest BCUT2D eigenvalue weighted by atomic mass is 16.5. The van der Waals surface area contributed by atoms with E-state index in [1.165, 1.54) is 0 Å². The molecule has 0 unspecified atom stereocenters. The van der Waals surface area contributed by atoms with Crippen LogP contribution in [0.5, 0.6) is 5.75 Å². The average molecular weight is 398 g/mol. The Morgan fingerprint density at radius 3 is 2.48 bits per heavy atom. The second-order valence-corrected chi connectivity index (χ2v) is 6.72. The molecular weight excluding hydrogens is 372 g/mol. The maximum Gasteiger partial charge on any atom is 0.318 e. The van der Waals surface area contributed by atoms with E-state index in [0.29, 0.717) is 44.4 Å². The van der Waals surface area contributed by atoms with Gasteiger partial charge in [0.2, 0.25) is 11.9 Å². The largest absolute Gasteiger partial charge is 0.496 e. The third kappa shape index (κ3) is 5.34. The smallest absolute Gasteiger partial charge is 0.318 e. The highest BCUT2D eigenvalue weighted by Gasteiger charge is 2.24. The molecule has 0 saturated carbocycles. The van der Waals surface area contributed by atoms with E-state index in [1.54, 1.807) is 37.4 Å². The van der Waals surface area contributed by atoms with Gasteiger partial charge >= 0.3 is 6.03 Å². The molecule has 1 saturated heterocycles. The maximum absolute atomic E-state index is 12.5. The van der Waals surface area contributed by atoms with Crippen LogP contribution in [0, 0.1) is 0 Å². The van der Waals surface area contributed by atoms with Gasteiger partial charge in [-0.25, -0.2) is 14.8 Å². The molecule has 9 heteroatoms. The van der Waals surface area contributed by atoms with E-state index in [-0.39, 0.29) is 11.9 Å². The zero-order valence-corrected chi connectivity index (χ0v) is 16.7. The minimum Gasteiger partial charge on any atom is -0.496 e. The second-order valence-electron chi connectivity index (χ2n) is 6.72. The van der Waals surface area contributed by atoms with Crippen LogP contribution in [0.15, 0.2) is 42.7 Å². The van der Waals surface area contributed by atoms with Gasteiger partial charge in [0, 0.05) is 50.7 Å². The predicted molar refractivity (Wildman–Crippen MR) is 109 cm³/mol. The Morgan fingerprint density at radius 2 is 1.79 bits per heavy atom. The Balaban J connectivity index is 1.44. The van der Waals surface area contributed by atoms with Crippen LogP contribution in [-0.2, 0) is 11.3 Å². The molecule has 1 fully saturated rings. The average Bonchev–Trinajstić information content (AvgIpc) is 2.78. The number of carbonyl (C=O) groups is 2. The van der Waals surface area contributed by atoms with Gasteiger partial charge in [-0.3, -0.25) is 4.79 Å². The minimum atomic E-state index is -0.646. The Morgan fingerprint density at radius 1 is 1.10 bits per heavy atom. The normalized spacial score (nSPS) is 14.8. The van der Waals surface area contributed by atoms with Gasteiger partial charge < -0.3 is 25.2 Å². The van der Waals surface area contributed by atoms with E-state index in [0.717, 1.165) is 5.56 Å². The summed E-state index contributed by atoms with van der Waals surface area (Å²) in [5.74, 6) is 1.13. The molecule has 2 aromatic rings. The van der Waals surface area contributed by atoms with Crippen molar-refractivity contribution in [2.45, 2.75) is 19.5 Å². The summed E-state index contributed by atoms with van der Waals surface area (Å²) in [7, 11) is 1.59. The summed E-state index contributed by atoms with van der Waals surface area (Å²) in [4.78, 5) is 37.1. The van der Waals surface area contributed by atoms with Crippen LogP contribution >= 0.6 is 0 Å². The lowest BCUT2D eigenvalue weighted by atomic mass is 10.2. The lowest BCUT2D eigenvalue weighted by Crippen LogP contribution is -2.55. The van der Waals surface area contributed by atoms with E-state index in [4.69, 9.17) is 4.74 Å². The van der Waals surface area contributed by atoms with E-state index in [2.05, 4.69) is 20.6 Å². The topological polar surface area (TPSA) is 99.7 Å². The first-order valence-electron chi connectivity index (χ1n) is 9.55. The summed E-state index contributed by atoms with van der Waals surface area (Å²) >= 11 is 0. The number of urea groups is 1. The van der Waals surface area contributed by atoms with Crippen LogP contribution in [0.2, 0.25) is 0 Å². The Labute approximate surface area is 170 Å². The van der Waals surface area contributed by atoms with Crippen molar-refractivity contribution in [3.63, 3.8) is 0 Å². The van der Waals surface area contributed by atoms with Crippen molar-refractivity contribution < 1.29 is 14.3 Å². The van der Waals surface area contributed by atoms with E-state index < -0.39 is 6.04 Å². The number of benzene rings is 1. The molecule has 3 amide bonds. The number of para-hydroxylation sites is 1. The number of amides is 3. The van der Waals surface area contributed by atoms with Crippen LogP contribution in [0.4, 0.5) is 10.7 Å². The third-order valence-electron chi connectivity index (χ3n) is 4.78. The fraction of sp³-hybridized carbons (Fsp3) is 0.400. The molecule has 2 N–H and O–H groups in total. The number of methoxy groups -OCH3 is 1. The lowest BCUT2D eigenvalue weighted by Gasteiger charge is -2.35. The van der Waals surface area contributed by atoms with E-state index in [1.807, 2.05) is 29.2 Å². The molecule has 1 aromatic carbocycles. The van der Waals surface area contributed by atoms with Gasteiger partial charge in [-0.15, -0.1) is 0 Å². The Kier molecular flexibility index (Phi) is 6.83. The molecule has 1 atom stereocenters. The minimum absolute atomic E-state index is 0.249. The van der Waals surface area contributed by atoms with Gasteiger partial charge in [-0.05, 0) is 19.1 Å². The second kappa shape index (κ2) is 9.72.